The van der Waals surface area contributed by atoms with Crippen LogP contribution in [0, 0.1) is 5.92 Å². The Bertz CT molecular complexity index is 1210. The highest BCUT2D eigenvalue weighted by molar-refractivity contribution is 6.30. The van der Waals surface area contributed by atoms with Gasteiger partial charge in [0.2, 0.25) is 11.8 Å². The normalized spacial score (nSPS) is 15.7. The quantitative estimate of drug-likeness (QED) is 0.562. The summed E-state index contributed by atoms with van der Waals surface area (Å²) in [7, 11) is 1.69. The molecule has 0 saturated heterocycles. The molecule has 3 aromatic rings. The van der Waals surface area contributed by atoms with Crippen LogP contribution in [0.2, 0.25) is 5.02 Å². The molecule has 0 unspecified atom stereocenters. The lowest BCUT2D eigenvalue weighted by Gasteiger charge is -2.24. The van der Waals surface area contributed by atoms with Gasteiger partial charge in [-0.25, -0.2) is 0 Å². The van der Waals surface area contributed by atoms with Crippen LogP contribution in [0.3, 0.4) is 0 Å². The first kappa shape index (κ1) is 22.6. The number of amides is 3. The maximum Gasteiger partial charge on any atom is 0.253 e. The topological polar surface area (TPSA) is 78.5 Å². The lowest BCUT2D eigenvalue weighted by atomic mass is 9.95. The Morgan fingerprint density at radius 2 is 1.58 bits per heavy atom. The highest BCUT2D eigenvalue weighted by Gasteiger charge is 2.34. The smallest absolute Gasteiger partial charge is 0.253 e. The number of hydrogen-bond donors (Lipinski definition) is 2. The highest BCUT2D eigenvalue weighted by Crippen LogP contribution is 2.39. The first-order chi connectivity index (χ1) is 15.9. The molecule has 33 heavy (non-hydrogen) atoms. The third kappa shape index (κ3) is 4.61. The van der Waals surface area contributed by atoms with E-state index in [9.17, 15) is 14.4 Å². The third-order valence-electron chi connectivity index (χ3n) is 5.86. The van der Waals surface area contributed by atoms with Crippen LogP contribution < -0.4 is 15.5 Å². The summed E-state index contributed by atoms with van der Waals surface area (Å²) in [4.78, 5) is 40.5. The SMILES string of the molecule is C[C@@H](C(=O)NCc1ccc(Cl)cc1)C(=O)N[C@H]1C(=O)N(C)c2ccccc2-c2ccccc21. The van der Waals surface area contributed by atoms with Gasteiger partial charge in [-0.15, -0.1) is 0 Å². The molecule has 3 amide bonds. The number of benzene rings is 3. The molecule has 0 fully saturated rings. The van der Waals surface area contributed by atoms with Gasteiger partial charge in [-0.1, -0.05) is 66.2 Å². The maximum atomic E-state index is 13.3. The maximum absolute atomic E-state index is 13.3. The summed E-state index contributed by atoms with van der Waals surface area (Å²) in [6, 6.07) is 21.3. The van der Waals surface area contributed by atoms with Crippen molar-refractivity contribution in [1.29, 1.82) is 0 Å². The van der Waals surface area contributed by atoms with E-state index in [0.29, 0.717) is 10.6 Å². The van der Waals surface area contributed by atoms with E-state index in [-0.39, 0.29) is 12.5 Å². The second-order valence-electron chi connectivity index (χ2n) is 8.01. The number of halogens is 1. The zero-order valence-electron chi connectivity index (χ0n) is 18.3. The van der Waals surface area contributed by atoms with Gasteiger partial charge in [-0.3, -0.25) is 14.4 Å². The molecule has 168 valence electrons. The van der Waals surface area contributed by atoms with Gasteiger partial charge in [-0.2, -0.15) is 0 Å². The van der Waals surface area contributed by atoms with Crippen molar-refractivity contribution in [1.82, 2.24) is 10.6 Å². The Labute approximate surface area is 197 Å². The molecule has 3 aromatic carbocycles. The van der Waals surface area contributed by atoms with E-state index >= 15 is 0 Å². The molecule has 0 aliphatic carbocycles. The van der Waals surface area contributed by atoms with Gasteiger partial charge in [-0.05, 0) is 41.8 Å². The van der Waals surface area contributed by atoms with Crippen molar-refractivity contribution in [3.8, 4) is 11.1 Å². The van der Waals surface area contributed by atoms with Crippen molar-refractivity contribution in [2.75, 3.05) is 11.9 Å². The van der Waals surface area contributed by atoms with Crippen LogP contribution >= 0.6 is 11.6 Å². The third-order valence-corrected chi connectivity index (χ3v) is 6.11. The van der Waals surface area contributed by atoms with Crippen molar-refractivity contribution < 1.29 is 14.4 Å². The number of nitrogens with one attached hydrogen (secondary N) is 2. The zero-order valence-corrected chi connectivity index (χ0v) is 19.1. The van der Waals surface area contributed by atoms with E-state index in [0.717, 1.165) is 22.4 Å². The molecule has 2 atom stereocenters. The second-order valence-corrected chi connectivity index (χ2v) is 8.45. The standard InChI is InChI=1S/C26H24ClN3O3/c1-16(24(31)28-15-17-11-13-18(27)14-12-17)25(32)29-23-21-9-4-3-7-19(21)20-8-5-6-10-22(20)30(2)26(23)33/h3-14,16,23H,15H2,1-2H3,(H,28,31)(H,29,32)/t16-,23+/m0/s1. The van der Waals surface area contributed by atoms with Crippen LogP contribution in [0.15, 0.2) is 72.8 Å². The minimum atomic E-state index is -0.979. The second kappa shape index (κ2) is 9.46. The molecule has 0 bridgehead atoms. The first-order valence-corrected chi connectivity index (χ1v) is 11.0. The molecular weight excluding hydrogens is 438 g/mol. The van der Waals surface area contributed by atoms with E-state index in [1.165, 1.54) is 6.92 Å². The van der Waals surface area contributed by atoms with Crippen LogP contribution in [0.1, 0.15) is 24.1 Å². The molecule has 2 N–H and O–H groups in total. The Morgan fingerprint density at radius 1 is 0.939 bits per heavy atom. The number of fused-ring (bicyclic) bond motifs is 3. The van der Waals surface area contributed by atoms with Gasteiger partial charge in [0.1, 0.15) is 12.0 Å². The molecule has 0 radical (unpaired) electrons. The average molecular weight is 462 g/mol. The van der Waals surface area contributed by atoms with Crippen LogP contribution in [0.4, 0.5) is 5.69 Å². The van der Waals surface area contributed by atoms with Gasteiger partial charge in [0.05, 0.1) is 5.69 Å². The summed E-state index contributed by atoms with van der Waals surface area (Å²) in [6.45, 7) is 1.80. The Balaban J connectivity index is 1.52. The van der Waals surface area contributed by atoms with E-state index in [1.54, 1.807) is 24.1 Å². The molecule has 0 saturated carbocycles. The molecule has 0 aromatic heterocycles. The van der Waals surface area contributed by atoms with E-state index in [2.05, 4.69) is 10.6 Å². The fourth-order valence-electron chi connectivity index (χ4n) is 3.90. The van der Waals surface area contributed by atoms with Crippen LogP contribution in [0.25, 0.3) is 11.1 Å². The van der Waals surface area contributed by atoms with Gasteiger partial charge in [0.15, 0.2) is 0 Å². The number of likely N-dealkylation sites (N-methyl/N-ethyl adjacent to an activating group) is 1. The van der Waals surface area contributed by atoms with Crippen LogP contribution in [-0.4, -0.2) is 24.8 Å². The zero-order chi connectivity index (χ0) is 23.5. The van der Waals surface area contributed by atoms with Gasteiger partial charge in [0.25, 0.3) is 5.91 Å². The summed E-state index contributed by atoms with van der Waals surface area (Å²) in [5.41, 5.74) is 4.11. The Morgan fingerprint density at radius 3 is 2.30 bits per heavy atom. The number of carbonyl (C=O) groups is 3. The average Bonchev–Trinajstić information content (AvgIpc) is 2.93. The minimum absolute atomic E-state index is 0.269. The van der Waals surface area contributed by atoms with Crippen LogP contribution in [-0.2, 0) is 20.9 Å². The molecular formula is C26H24ClN3O3. The molecule has 7 heteroatoms. The van der Waals surface area contributed by atoms with Crippen molar-refractivity contribution in [2.45, 2.75) is 19.5 Å². The van der Waals surface area contributed by atoms with Gasteiger partial charge >= 0.3 is 0 Å². The van der Waals surface area contributed by atoms with E-state index < -0.39 is 23.8 Å². The first-order valence-electron chi connectivity index (χ1n) is 10.6. The van der Waals surface area contributed by atoms with Gasteiger partial charge in [0, 0.05) is 24.2 Å². The highest BCUT2D eigenvalue weighted by atomic mass is 35.5. The number of anilines is 1. The van der Waals surface area contributed by atoms with Crippen LogP contribution in [0.5, 0.6) is 0 Å². The number of nitrogens with zero attached hydrogens (tertiary/aromatic N) is 1. The van der Waals surface area contributed by atoms with E-state index in [4.69, 9.17) is 11.6 Å². The molecule has 0 spiro atoms. The fraction of sp³-hybridized carbons (Fsp3) is 0.192. The lowest BCUT2D eigenvalue weighted by molar-refractivity contribution is -0.136. The molecule has 6 nitrogen and oxygen atoms in total. The van der Waals surface area contributed by atoms with Crippen molar-refractivity contribution >= 4 is 35.0 Å². The molecule has 4 rings (SSSR count). The largest absolute Gasteiger partial charge is 0.351 e. The number of para-hydroxylation sites is 1. The Hall–Kier alpha value is -3.64. The summed E-state index contributed by atoms with van der Waals surface area (Å²) in [5, 5.41) is 6.18. The summed E-state index contributed by atoms with van der Waals surface area (Å²) >= 11 is 5.89. The summed E-state index contributed by atoms with van der Waals surface area (Å²) in [5.74, 6) is -2.19. The molecule has 1 aliphatic heterocycles. The summed E-state index contributed by atoms with van der Waals surface area (Å²) < 4.78 is 0. The number of rotatable bonds is 5. The lowest BCUT2D eigenvalue weighted by Crippen LogP contribution is -2.45. The number of hydrogen-bond acceptors (Lipinski definition) is 3. The molecule has 1 aliphatic rings. The minimum Gasteiger partial charge on any atom is -0.351 e. The van der Waals surface area contributed by atoms with Crippen molar-refractivity contribution in [3.63, 3.8) is 0 Å². The van der Waals surface area contributed by atoms with Gasteiger partial charge < -0.3 is 15.5 Å². The van der Waals surface area contributed by atoms with Crippen molar-refractivity contribution in [2.24, 2.45) is 5.92 Å². The predicted octanol–water partition coefficient (Wildman–Crippen LogP) is 4.09. The monoisotopic (exact) mass is 461 g/mol. The fourth-order valence-corrected chi connectivity index (χ4v) is 4.03. The Kier molecular flexibility index (Phi) is 6.47. The summed E-state index contributed by atoms with van der Waals surface area (Å²) in [6.07, 6.45) is 0. The number of carbonyl (C=O) groups excluding carboxylic acids is 3. The predicted molar refractivity (Wildman–Crippen MR) is 129 cm³/mol. The van der Waals surface area contributed by atoms with Crippen molar-refractivity contribution in [3.05, 3.63) is 88.9 Å². The van der Waals surface area contributed by atoms with E-state index in [1.807, 2.05) is 60.7 Å². The molecule has 1 heterocycles.